The van der Waals surface area contributed by atoms with E-state index in [-0.39, 0.29) is 5.41 Å². The Balaban J connectivity index is 2.04. The van der Waals surface area contributed by atoms with Gasteiger partial charge in [-0.1, -0.05) is 81.4 Å². The molecule has 5 aromatic rings. The number of hydrogen-bond donors (Lipinski definition) is 1. The SMILES string of the molecule is Cc1c(-c2cccnc2)[nH]c2c(-c3ccccc3)c(-c3ccccc3)c(C(C)(C)C)c(CO[Si])c12. The quantitative estimate of drug-likeness (QED) is 0.265. The van der Waals surface area contributed by atoms with Crippen LogP contribution in [0, 0.1) is 6.92 Å². The first-order valence-corrected chi connectivity index (χ1v) is 12.3. The number of aromatic amines is 1. The number of benzene rings is 3. The smallest absolute Gasteiger partial charge is 0.246 e. The minimum Gasteiger partial charge on any atom is -0.414 e. The van der Waals surface area contributed by atoms with Crippen molar-refractivity contribution in [3.8, 4) is 33.5 Å². The Kier molecular flexibility index (Phi) is 6.18. The molecule has 0 aliphatic carbocycles. The Morgan fingerprint density at radius 1 is 0.829 bits per heavy atom. The number of aryl methyl sites for hydroxylation is 1. The summed E-state index contributed by atoms with van der Waals surface area (Å²) in [5.41, 5.74) is 11.7. The third kappa shape index (κ3) is 4.13. The van der Waals surface area contributed by atoms with E-state index in [0.717, 1.165) is 16.8 Å². The fourth-order valence-corrected chi connectivity index (χ4v) is 5.46. The summed E-state index contributed by atoms with van der Waals surface area (Å²) < 4.78 is 5.66. The van der Waals surface area contributed by atoms with Crippen LogP contribution in [0.4, 0.5) is 0 Å². The maximum atomic E-state index is 5.66. The molecule has 173 valence electrons. The molecule has 2 aromatic heterocycles. The third-order valence-electron chi connectivity index (χ3n) is 6.65. The van der Waals surface area contributed by atoms with Gasteiger partial charge < -0.3 is 9.41 Å². The van der Waals surface area contributed by atoms with Gasteiger partial charge in [0, 0.05) is 28.9 Å². The van der Waals surface area contributed by atoms with Gasteiger partial charge in [0.15, 0.2) is 0 Å². The van der Waals surface area contributed by atoms with E-state index in [1.165, 1.54) is 44.3 Å². The van der Waals surface area contributed by atoms with Crippen LogP contribution in [0.5, 0.6) is 0 Å². The molecular formula is C31H29N2OSi. The van der Waals surface area contributed by atoms with Gasteiger partial charge in [0.25, 0.3) is 0 Å². The van der Waals surface area contributed by atoms with Gasteiger partial charge in [-0.25, -0.2) is 0 Å². The normalized spacial score (nSPS) is 11.8. The van der Waals surface area contributed by atoms with Gasteiger partial charge >= 0.3 is 0 Å². The zero-order valence-corrected chi connectivity index (χ0v) is 21.6. The first-order chi connectivity index (χ1) is 16.9. The maximum Gasteiger partial charge on any atom is 0.246 e. The van der Waals surface area contributed by atoms with Crippen LogP contribution in [0.3, 0.4) is 0 Å². The molecule has 0 atom stereocenters. The average molecular weight is 474 g/mol. The number of H-pyrrole nitrogens is 1. The summed E-state index contributed by atoms with van der Waals surface area (Å²) in [6, 6.07) is 25.5. The zero-order chi connectivity index (χ0) is 24.6. The highest BCUT2D eigenvalue weighted by molar-refractivity contribution is 6.09. The van der Waals surface area contributed by atoms with Gasteiger partial charge in [-0.15, -0.1) is 0 Å². The second-order valence-corrected chi connectivity index (χ2v) is 10.3. The van der Waals surface area contributed by atoms with E-state index in [0.29, 0.717) is 6.61 Å². The lowest BCUT2D eigenvalue weighted by atomic mass is 9.74. The van der Waals surface area contributed by atoms with Crippen molar-refractivity contribution >= 4 is 21.4 Å². The average Bonchev–Trinajstić information content (AvgIpc) is 3.21. The van der Waals surface area contributed by atoms with Crippen LogP contribution in [0.15, 0.2) is 85.2 Å². The summed E-state index contributed by atoms with van der Waals surface area (Å²) in [6.45, 7) is 9.52. The van der Waals surface area contributed by atoms with E-state index in [4.69, 9.17) is 4.43 Å². The van der Waals surface area contributed by atoms with Crippen LogP contribution in [0.25, 0.3) is 44.4 Å². The number of pyridine rings is 1. The lowest BCUT2D eigenvalue weighted by Crippen LogP contribution is -2.18. The predicted molar refractivity (Wildman–Crippen MR) is 146 cm³/mol. The molecule has 0 amide bonds. The zero-order valence-electron chi connectivity index (χ0n) is 20.6. The Bertz CT molecular complexity index is 1470. The van der Waals surface area contributed by atoms with E-state index >= 15 is 0 Å². The summed E-state index contributed by atoms with van der Waals surface area (Å²) >= 11 is 0. The molecule has 0 aliphatic rings. The van der Waals surface area contributed by atoms with Gasteiger partial charge in [-0.2, -0.15) is 0 Å². The minimum absolute atomic E-state index is 0.124. The Morgan fingerprint density at radius 2 is 1.43 bits per heavy atom. The van der Waals surface area contributed by atoms with Crippen molar-refractivity contribution in [1.29, 1.82) is 0 Å². The first-order valence-electron chi connectivity index (χ1n) is 11.9. The van der Waals surface area contributed by atoms with E-state index in [2.05, 4.69) is 115 Å². The number of aromatic nitrogens is 2. The fraction of sp³-hybridized carbons (Fsp3) is 0.194. The predicted octanol–water partition coefficient (Wildman–Crippen LogP) is 7.77. The molecule has 0 fully saturated rings. The van der Waals surface area contributed by atoms with Crippen LogP contribution in [0.1, 0.15) is 37.5 Å². The molecule has 0 spiro atoms. The van der Waals surface area contributed by atoms with Gasteiger partial charge in [-0.3, -0.25) is 4.98 Å². The summed E-state index contributed by atoms with van der Waals surface area (Å²) in [6.07, 6.45) is 3.73. The van der Waals surface area contributed by atoms with Crippen molar-refractivity contribution in [3.63, 3.8) is 0 Å². The Hall–Kier alpha value is -3.47. The molecule has 0 unspecified atom stereocenters. The van der Waals surface area contributed by atoms with E-state index < -0.39 is 0 Å². The third-order valence-corrected chi connectivity index (χ3v) is 6.79. The number of nitrogens with zero attached hydrogens (tertiary/aromatic N) is 1. The molecule has 5 rings (SSSR count). The number of nitrogens with one attached hydrogen (secondary N) is 1. The van der Waals surface area contributed by atoms with Gasteiger partial charge in [-0.05, 0) is 57.9 Å². The molecule has 4 heteroatoms. The summed E-state index contributed by atoms with van der Waals surface area (Å²) in [5, 5.41) is 1.21. The number of hydrogen-bond acceptors (Lipinski definition) is 2. The first kappa shape index (κ1) is 23.3. The van der Waals surface area contributed by atoms with Crippen LogP contribution in [-0.2, 0) is 16.4 Å². The van der Waals surface area contributed by atoms with Crippen LogP contribution < -0.4 is 0 Å². The molecule has 1 N–H and O–H groups in total. The monoisotopic (exact) mass is 473 g/mol. The molecule has 0 saturated carbocycles. The lowest BCUT2D eigenvalue weighted by Gasteiger charge is -2.30. The second kappa shape index (κ2) is 9.29. The van der Waals surface area contributed by atoms with Crippen molar-refractivity contribution in [2.75, 3.05) is 0 Å². The molecule has 2 heterocycles. The standard InChI is InChI=1S/C31H29N2OSi/c1-20-25-24(19-34-35)28(31(2,3)4)26(21-12-7-5-8-13-21)27(22-14-9-6-10-15-22)30(25)33-29(20)23-16-11-17-32-18-23/h5-18,33H,19H2,1-4H3. The van der Waals surface area contributed by atoms with Crippen LogP contribution >= 0.6 is 0 Å². The van der Waals surface area contributed by atoms with Gasteiger partial charge in [0.1, 0.15) is 0 Å². The fourth-order valence-electron chi connectivity index (χ4n) is 5.31. The van der Waals surface area contributed by atoms with Gasteiger partial charge in [0.05, 0.1) is 17.8 Å². The molecule has 3 aromatic carbocycles. The van der Waals surface area contributed by atoms with Gasteiger partial charge in [0.2, 0.25) is 10.5 Å². The molecule has 35 heavy (non-hydrogen) atoms. The molecule has 0 aliphatic heterocycles. The van der Waals surface area contributed by atoms with Crippen molar-refractivity contribution in [2.24, 2.45) is 0 Å². The summed E-state index contributed by atoms with van der Waals surface area (Å²) in [5.74, 6) is 0. The largest absolute Gasteiger partial charge is 0.414 e. The Labute approximate surface area is 210 Å². The van der Waals surface area contributed by atoms with Crippen molar-refractivity contribution in [2.45, 2.75) is 39.7 Å². The van der Waals surface area contributed by atoms with Crippen LogP contribution in [0.2, 0.25) is 0 Å². The molecule has 0 bridgehead atoms. The van der Waals surface area contributed by atoms with Crippen molar-refractivity contribution in [1.82, 2.24) is 9.97 Å². The minimum atomic E-state index is -0.124. The highest BCUT2D eigenvalue weighted by atomic mass is 28.2. The van der Waals surface area contributed by atoms with E-state index in [1.54, 1.807) is 0 Å². The molecule has 0 saturated heterocycles. The molecule has 3 nitrogen and oxygen atoms in total. The topological polar surface area (TPSA) is 37.9 Å². The lowest BCUT2D eigenvalue weighted by molar-refractivity contribution is 0.336. The van der Waals surface area contributed by atoms with E-state index in [9.17, 15) is 0 Å². The van der Waals surface area contributed by atoms with E-state index in [1.807, 2.05) is 18.5 Å². The number of rotatable bonds is 5. The summed E-state index contributed by atoms with van der Waals surface area (Å²) in [7, 11) is 3.33. The van der Waals surface area contributed by atoms with Crippen molar-refractivity contribution < 1.29 is 4.43 Å². The Morgan fingerprint density at radius 3 is 1.97 bits per heavy atom. The highest BCUT2D eigenvalue weighted by Gasteiger charge is 2.30. The second-order valence-electron chi connectivity index (χ2n) is 9.99. The highest BCUT2D eigenvalue weighted by Crippen LogP contribution is 2.49. The van der Waals surface area contributed by atoms with Crippen molar-refractivity contribution in [3.05, 3.63) is 102 Å². The molecular weight excluding hydrogens is 444 g/mol. The number of fused-ring (bicyclic) bond motifs is 1. The molecule has 3 radical (unpaired) electrons. The maximum absolute atomic E-state index is 5.66. The summed E-state index contributed by atoms with van der Waals surface area (Å²) in [4.78, 5) is 8.20. The van der Waals surface area contributed by atoms with Crippen LogP contribution in [-0.4, -0.2) is 20.5 Å².